The number of carbonyl (C=O) groups is 1. The molecule has 4 heterocycles. The Morgan fingerprint density at radius 1 is 1.28 bits per heavy atom. The van der Waals surface area contributed by atoms with Gasteiger partial charge in [-0.3, -0.25) is 9.78 Å². The van der Waals surface area contributed by atoms with Gasteiger partial charge < -0.3 is 9.64 Å². The number of rotatable bonds is 3. The molecule has 0 aliphatic carbocycles. The minimum absolute atomic E-state index is 0.105. The van der Waals surface area contributed by atoms with Gasteiger partial charge in [0.2, 0.25) is 5.88 Å². The fraction of sp³-hybridized carbons (Fsp3) is 0.421. The molecule has 2 aliphatic heterocycles. The number of ether oxygens (including phenoxy) is 1. The van der Waals surface area contributed by atoms with Crippen molar-refractivity contribution in [1.29, 1.82) is 0 Å². The molecule has 1 spiro atoms. The highest BCUT2D eigenvalue weighted by Gasteiger charge is 2.51. The zero-order valence-electron chi connectivity index (χ0n) is 14.4. The van der Waals surface area contributed by atoms with Crippen LogP contribution < -0.4 is 4.74 Å². The van der Waals surface area contributed by atoms with Gasteiger partial charge in [0.1, 0.15) is 6.10 Å². The number of likely N-dealkylation sites (tertiary alicyclic amines) is 1. The Balaban J connectivity index is 1.36. The van der Waals surface area contributed by atoms with Crippen molar-refractivity contribution >= 4 is 17.7 Å². The van der Waals surface area contributed by atoms with Crippen molar-refractivity contribution in [2.75, 3.05) is 18.8 Å². The second-order valence-corrected chi connectivity index (χ2v) is 8.39. The van der Waals surface area contributed by atoms with Crippen molar-refractivity contribution in [3.05, 3.63) is 53.5 Å². The van der Waals surface area contributed by atoms with E-state index in [9.17, 15) is 4.79 Å². The van der Waals surface area contributed by atoms with E-state index in [4.69, 9.17) is 4.74 Å². The zero-order chi connectivity index (χ0) is 17.4. The monoisotopic (exact) mass is 355 g/mol. The lowest BCUT2D eigenvalue weighted by Crippen LogP contribution is -2.60. The number of hydrogen-bond acceptors (Lipinski definition) is 5. The first-order chi connectivity index (χ1) is 12.0. The van der Waals surface area contributed by atoms with Gasteiger partial charge in [-0.05, 0) is 32.0 Å². The Morgan fingerprint density at radius 2 is 2.04 bits per heavy atom. The predicted octanol–water partition coefficient (Wildman–Crippen LogP) is 2.87. The van der Waals surface area contributed by atoms with E-state index in [-0.39, 0.29) is 16.8 Å². The van der Waals surface area contributed by atoms with Gasteiger partial charge in [-0.25, -0.2) is 4.98 Å². The molecular weight excluding hydrogens is 334 g/mol. The maximum atomic E-state index is 12.7. The van der Waals surface area contributed by atoms with Crippen molar-refractivity contribution in [3.63, 3.8) is 0 Å². The SMILES string of the molecule is Cc1cc(C(=O)N2CC3(C[C@@H](Oc4ccccn4)CS3)C2)cc(C)n1. The van der Waals surface area contributed by atoms with Gasteiger partial charge in [-0.2, -0.15) is 0 Å². The summed E-state index contributed by atoms with van der Waals surface area (Å²) in [4.78, 5) is 23.2. The second kappa shape index (κ2) is 6.33. The number of carbonyl (C=O) groups excluding carboxylic acids is 1. The molecule has 2 aromatic rings. The molecule has 4 rings (SSSR count). The summed E-state index contributed by atoms with van der Waals surface area (Å²) in [7, 11) is 0. The smallest absolute Gasteiger partial charge is 0.254 e. The van der Waals surface area contributed by atoms with Crippen LogP contribution in [-0.2, 0) is 0 Å². The third kappa shape index (κ3) is 3.35. The maximum absolute atomic E-state index is 12.7. The van der Waals surface area contributed by atoms with Crippen molar-refractivity contribution in [2.45, 2.75) is 31.1 Å². The molecule has 2 saturated heterocycles. The van der Waals surface area contributed by atoms with E-state index in [0.29, 0.717) is 5.88 Å². The van der Waals surface area contributed by atoms with Gasteiger partial charge in [0.05, 0.1) is 4.75 Å². The van der Waals surface area contributed by atoms with Crippen LogP contribution in [0.3, 0.4) is 0 Å². The average molecular weight is 355 g/mol. The molecule has 0 aromatic carbocycles. The van der Waals surface area contributed by atoms with E-state index in [1.165, 1.54) is 0 Å². The minimum Gasteiger partial charge on any atom is -0.473 e. The number of amides is 1. The number of thioether (sulfide) groups is 1. The first kappa shape index (κ1) is 16.4. The number of hydrogen-bond donors (Lipinski definition) is 0. The Hall–Kier alpha value is -2.08. The van der Waals surface area contributed by atoms with Crippen LogP contribution in [0.5, 0.6) is 5.88 Å². The molecule has 130 valence electrons. The average Bonchev–Trinajstić information content (AvgIpc) is 2.97. The topological polar surface area (TPSA) is 55.3 Å². The first-order valence-electron chi connectivity index (χ1n) is 8.49. The van der Waals surface area contributed by atoms with Gasteiger partial charge >= 0.3 is 0 Å². The highest BCUT2D eigenvalue weighted by Crippen LogP contribution is 2.46. The van der Waals surface area contributed by atoms with Crippen molar-refractivity contribution in [2.24, 2.45) is 0 Å². The lowest BCUT2D eigenvalue weighted by atomic mass is 9.92. The maximum Gasteiger partial charge on any atom is 0.254 e. The van der Waals surface area contributed by atoms with E-state index in [0.717, 1.165) is 42.2 Å². The molecule has 2 fully saturated rings. The summed E-state index contributed by atoms with van der Waals surface area (Å²) < 4.78 is 6.12. The normalized spacial score (nSPS) is 21.2. The third-order valence-electron chi connectivity index (χ3n) is 4.67. The van der Waals surface area contributed by atoms with Crippen LogP contribution in [0.2, 0.25) is 0 Å². The van der Waals surface area contributed by atoms with Gasteiger partial charge in [-0.15, -0.1) is 11.8 Å². The number of nitrogens with zero attached hydrogens (tertiary/aromatic N) is 3. The fourth-order valence-electron chi connectivity index (χ4n) is 3.62. The van der Waals surface area contributed by atoms with Crippen molar-refractivity contribution in [1.82, 2.24) is 14.9 Å². The van der Waals surface area contributed by atoms with Crippen LogP contribution in [-0.4, -0.2) is 50.5 Å². The Bertz CT molecular complexity index is 770. The highest BCUT2D eigenvalue weighted by atomic mass is 32.2. The van der Waals surface area contributed by atoms with Crippen LogP contribution in [0, 0.1) is 13.8 Å². The number of aromatic nitrogens is 2. The molecule has 0 N–H and O–H groups in total. The summed E-state index contributed by atoms with van der Waals surface area (Å²) in [6.07, 6.45) is 2.88. The molecule has 5 nitrogen and oxygen atoms in total. The van der Waals surface area contributed by atoms with Gasteiger partial charge in [0, 0.05) is 54.5 Å². The first-order valence-corrected chi connectivity index (χ1v) is 9.48. The lowest BCUT2D eigenvalue weighted by molar-refractivity contribution is 0.0515. The van der Waals surface area contributed by atoms with Gasteiger partial charge in [0.25, 0.3) is 5.91 Å². The molecule has 1 atom stereocenters. The molecule has 2 aliphatic rings. The lowest BCUT2D eigenvalue weighted by Gasteiger charge is -2.47. The minimum atomic E-state index is 0.105. The second-order valence-electron chi connectivity index (χ2n) is 6.91. The van der Waals surface area contributed by atoms with Crippen molar-refractivity contribution in [3.8, 4) is 5.88 Å². The van der Waals surface area contributed by atoms with Crippen LogP contribution in [0.15, 0.2) is 36.5 Å². The van der Waals surface area contributed by atoms with Crippen LogP contribution >= 0.6 is 11.8 Å². The third-order valence-corrected chi connectivity index (χ3v) is 6.25. The van der Waals surface area contributed by atoms with Crippen molar-refractivity contribution < 1.29 is 9.53 Å². The predicted molar refractivity (Wildman–Crippen MR) is 98.1 cm³/mol. The number of aryl methyl sites for hydroxylation is 2. The summed E-state index contributed by atoms with van der Waals surface area (Å²) in [5, 5.41) is 0. The molecule has 0 bridgehead atoms. The van der Waals surface area contributed by atoms with Gasteiger partial charge in [-0.1, -0.05) is 6.07 Å². The fourth-order valence-corrected chi connectivity index (χ4v) is 5.14. The summed E-state index contributed by atoms with van der Waals surface area (Å²) in [5.74, 6) is 1.74. The largest absolute Gasteiger partial charge is 0.473 e. The summed E-state index contributed by atoms with van der Waals surface area (Å²) >= 11 is 1.92. The molecule has 2 aromatic heterocycles. The standard InChI is InChI=1S/C19H21N3O2S/c1-13-7-15(8-14(2)21-13)18(23)22-11-19(12-22)9-16(10-25-19)24-17-5-3-4-6-20-17/h3-8,16H,9-12H2,1-2H3/t16-/m1/s1. The molecule has 0 radical (unpaired) electrons. The number of pyridine rings is 2. The quantitative estimate of drug-likeness (QED) is 0.847. The molecule has 6 heteroatoms. The summed E-state index contributed by atoms with van der Waals surface area (Å²) in [5.41, 5.74) is 2.51. The molecule has 25 heavy (non-hydrogen) atoms. The van der Waals surface area contributed by atoms with E-state index >= 15 is 0 Å². The van der Waals surface area contributed by atoms with E-state index in [2.05, 4.69) is 9.97 Å². The molecule has 0 saturated carbocycles. The molecule has 1 amide bonds. The van der Waals surface area contributed by atoms with Gasteiger partial charge in [0.15, 0.2) is 0 Å². The van der Waals surface area contributed by atoms with Crippen LogP contribution in [0.1, 0.15) is 28.2 Å². The Labute approximate surface area is 151 Å². The van der Waals surface area contributed by atoms with E-state index < -0.39 is 0 Å². The van der Waals surface area contributed by atoms with Crippen LogP contribution in [0.4, 0.5) is 0 Å². The van der Waals surface area contributed by atoms with Crippen LogP contribution in [0.25, 0.3) is 0 Å². The van der Waals surface area contributed by atoms with E-state index in [1.807, 2.05) is 60.8 Å². The molecular formula is C19H21N3O2S. The highest BCUT2D eigenvalue weighted by molar-refractivity contribution is 8.01. The Morgan fingerprint density at radius 3 is 2.72 bits per heavy atom. The summed E-state index contributed by atoms with van der Waals surface area (Å²) in [6, 6.07) is 9.45. The Kier molecular flexibility index (Phi) is 4.15. The zero-order valence-corrected chi connectivity index (χ0v) is 15.3. The summed E-state index contributed by atoms with van der Waals surface area (Å²) in [6.45, 7) is 5.43. The molecule has 0 unspecified atom stereocenters. The van der Waals surface area contributed by atoms with E-state index in [1.54, 1.807) is 6.20 Å².